The first-order valence-electron chi connectivity index (χ1n) is 6.93. The molecule has 0 saturated carbocycles. The summed E-state index contributed by atoms with van der Waals surface area (Å²) in [6, 6.07) is 7.21. The van der Waals surface area contributed by atoms with E-state index in [-0.39, 0.29) is 11.5 Å². The van der Waals surface area contributed by atoms with Gasteiger partial charge < -0.3 is 9.84 Å². The maximum absolute atomic E-state index is 12.3. The smallest absolute Gasteiger partial charge is 0.166 e. The highest BCUT2D eigenvalue weighted by Crippen LogP contribution is 2.29. The van der Waals surface area contributed by atoms with Crippen LogP contribution >= 0.6 is 0 Å². The van der Waals surface area contributed by atoms with Crippen molar-refractivity contribution in [2.45, 2.75) is 19.3 Å². The van der Waals surface area contributed by atoms with E-state index in [0.29, 0.717) is 23.4 Å². The van der Waals surface area contributed by atoms with E-state index in [9.17, 15) is 9.90 Å². The summed E-state index contributed by atoms with van der Waals surface area (Å²) < 4.78 is 5.30. The van der Waals surface area contributed by atoms with Crippen molar-refractivity contribution >= 4 is 16.7 Å². The highest BCUT2D eigenvalue weighted by Gasteiger charge is 2.21. The van der Waals surface area contributed by atoms with Crippen molar-refractivity contribution in [2.24, 2.45) is 5.92 Å². The van der Waals surface area contributed by atoms with Crippen LogP contribution < -0.4 is 0 Å². The van der Waals surface area contributed by atoms with Gasteiger partial charge >= 0.3 is 0 Å². The van der Waals surface area contributed by atoms with Gasteiger partial charge in [-0.2, -0.15) is 0 Å². The lowest BCUT2D eigenvalue weighted by molar-refractivity contribution is 0.0600. The Hall–Kier alpha value is -1.94. The van der Waals surface area contributed by atoms with Gasteiger partial charge in [-0.05, 0) is 30.9 Å². The van der Waals surface area contributed by atoms with Crippen LogP contribution in [0.2, 0.25) is 0 Å². The van der Waals surface area contributed by atoms with Gasteiger partial charge in [0.05, 0.1) is 5.56 Å². The molecule has 4 nitrogen and oxygen atoms in total. The lowest BCUT2D eigenvalue weighted by Crippen LogP contribution is -2.18. The second-order valence-electron chi connectivity index (χ2n) is 5.22. The van der Waals surface area contributed by atoms with Crippen LogP contribution in [-0.4, -0.2) is 29.1 Å². The van der Waals surface area contributed by atoms with E-state index in [1.54, 1.807) is 12.3 Å². The Morgan fingerprint density at radius 2 is 2.10 bits per heavy atom. The maximum atomic E-state index is 12.3. The summed E-state index contributed by atoms with van der Waals surface area (Å²) in [6.07, 6.45) is 3.92. The number of pyridine rings is 1. The number of ketones is 1. The van der Waals surface area contributed by atoms with Crippen LogP contribution in [0.25, 0.3) is 10.9 Å². The number of ether oxygens (including phenoxy) is 1. The molecule has 1 N–H and O–H groups in total. The van der Waals surface area contributed by atoms with Crippen molar-refractivity contribution in [1.29, 1.82) is 0 Å². The molecule has 0 atom stereocenters. The number of fused-ring (bicyclic) bond motifs is 1. The quantitative estimate of drug-likeness (QED) is 0.872. The summed E-state index contributed by atoms with van der Waals surface area (Å²) in [7, 11) is 0. The third-order valence-electron chi connectivity index (χ3n) is 3.86. The van der Waals surface area contributed by atoms with Crippen LogP contribution in [0.1, 0.15) is 29.6 Å². The van der Waals surface area contributed by atoms with E-state index in [1.807, 2.05) is 18.2 Å². The maximum Gasteiger partial charge on any atom is 0.166 e. The minimum atomic E-state index is -0.0121. The highest BCUT2D eigenvalue weighted by atomic mass is 16.5. The Labute approximate surface area is 117 Å². The van der Waals surface area contributed by atoms with Gasteiger partial charge in [-0.3, -0.25) is 9.78 Å². The molecule has 0 spiro atoms. The fourth-order valence-corrected chi connectivity index (χ4v) is 2.68. The average molecular weight is 271 g/mol. The predicted octanol–water partition coefficient (Wildman–Crippen LogP) is 2.94. The number of hydrogen-bond donors (Lipinski definition) is 1. The van der Waals surface area contributed by atoms with E-state index >= 15 is 0 Å². The number of hydrogen-bond acceptors (Lipinski definition) is 4. The Morgan fingerprint density at radius 3 is 2.90 bits per heavy atom. The molecule has 1 aromatic heterocycles. The molecule has 1 fully saturated rings. The molecule has 1 saturated heterocycles. The molecule has 1 aromatic carbocycles. The molecule has 0 amide bonds. The van der Waals surface area contributed by atoms with E-state index in [1.165, 1.54) is 0 Å². The standard InChI is InChI=1S/C16H17NO3/c18-14(10-11-5-8-20-9-6-11)13-4-3-12-2-1-7-17-15(12)16(13)19/h1-4,7,11,19H,5-6,8-10H2. The summed E-state index contributed by atoms with van der Waals surface area (Å²) in [5.41, 5.74) is 0.869. The van der Waals surface area contributed by atoms with E-state index in [0.717, 1.165) is 31.4 Å². The van der Waals surface area contributed by atoms with Crippen LogP contribution in [0.3, 0.4) is 0 Å². The predicted molar refractivity (Wildman–Crippen MR) is 75.9 cm³/mol. The van der Waals surface area contributed by atoms with E-state index in [4.69, 9.17) is 4.74 Å². The number of rotatable bonds is 3. The van der Waals surface area contributed by atoms with E-state index in [2.05, 4.69) is 4.98 Å². The molecule has 4 heteroatoms. The lowest BCUT2D eigenvalue weighted by atomic mass is 9.91. The number of nitrogens with zero attached hydrogens (tertiary/aromatic N) is 1. The number of carbonyl (C=O) groups is 1. The number of aromatic nitrogens is 1. The lowest BCUT2D eigenvalue weighted by Gasteiger charge is -2.21. The summed E-state index contributed by atoms with van der Waals surface area (Å²) in [6.45, 7) is 1.45. The number of carbonyl (C=O) groups excluding carboxylic acids is 1. The molecule has 0 bridgehead atoms. The molecule has 0 radical (unpaired) electrons. The first-order chi connectivity index (χ1) is 9.75. The molecule has 0 unspecified atom stereocenters. The highest BCUT2D eigenvalue weighted by molar-refractivity contribution is 6.03. The molecular formula is C16H17NO3. The van der Waals surface area contributed by atoms with Gasteiger partial charge in [0.2, 0.25) is 0 Å². The van der Waals surface area contributed by atoms with Gasteiger partial charge in [0.15, 0.2) is 11.5 Å². The van der Waals surface area contributed by atoms with Crippen molar-refractivity contribution in [3.63, 3.8) is 0 Å². The minimum Gasteiger partial charge on any atom is -0.505 e. The zero-order chi connectivity index (χ0) is 13.9. The SMILES string of the molecule is O=C(CC1CCOCC1)c1ccc2cccnc2c1O. The Morgan fingerprint density at radius 1 is 1.30 bits per heavy atom. The van der Waals surface area contributed by atoms with E-state index < -0.39 is 0 Å². The molecule has 104 valence electrons. The summed E-state index contributed by atoms with van der Waals surface area (Å²) in [4.78, 5) is 16.5. The Bertz CT molecular complexity index is 633. The molecule has 2 aromatic rings. The van der Waals surface area contributed by atoms with Gasteiger partial charge in [0.1, 0.15) is 5.52 Å². The molecule has 0 aliphatic carbocycles. The first kappa shape index (κ1) is 13.1. The first-order valence-corrected chi connectivity index (χ1v) is 6.93. The van der Waals surface area contributed by atoms with Gasteiger partial charge in [0, 0.05) is 31.2 Å². The van der Waals surface area contributed by atoms with Crippen LogP contribution in [0.5, 0.6) is 5.75 Å². The topological polar surface area (TPSA) is 59.4 Å². The van der Waals surface area contributed by atoms with Gasteiger partial charge in [-0.25, -0.2) is 0 Å². The third kappa shape index (κ3) is 2.51. The summed E-state index contributed by atoms with van der Waals surface area (Å²) in [5.74, 6) is 0.345. The molecule has 1 aliphatic rings. The third-order valence-corrected chi connectivity index (χ3v) is 3.86. The monoisotopic (exact) mass is 271 g/mol. The normalized spacial score (nSPS) is 16.4. The van der Waals surface area contributed by atoms with Crippen molar-refractivity contribution < 1.29 is 14.6 Å². The molecule has 3 rings (SSSR count). The number of phenolic OH excluding ortho intramolecular Hbond substituents is 1. The van der Waals surface area contributed by atoms with Crippen molar-refractivity contribution in [3.8, 4) is 5.75 Å². The van der Waals surface area contributed by atoms with Crippen molar-refractivity contribution in [2.75, 3.05) is 13.2 Å². The average Bonchev–Trinajstić information content (AvgIpc) is 2.49. The van der Waals surface area contributed by atoms with Crippen LogP contribution in [0.4, 0.5) is 0 Å². The number of Topliss-reactive ketones (excluding diaryl/α,β-unsaturated/α-hetero) is 1. The minimum absolute atomic E-state index is 0.000148. The second-order valence-corrected chi connectivity index (χ2v) is 5.22. The number of aromatic hydroxyl groups is 1. The van der Waals surface area contributed by atoms with Crippen LogP contribution in [0, 0.1) is 5.92 Å². The Balaban J connectivity index is 1.85. The van der Waals surface area contributed by atoms with Gasteiger partial charge in [-0.1, -0.05) is 12.1 Å². The largest absolute Gasteiger partial charge is 0.505 e. The van der Waals surface area contributed by atoms with Crippen molar-refractivity contribution in [3.05, 3.63) is 36.0 Å². The van der Waals surface area contributed by atoms with Crippen LogP contribution in [0.15, 0.2) is 30.5 Å². The Kier molecular flexibility index (Phi) is 3.65. The number of phenols is 1. The van der Waals surface area contributed by atoms with Gasteiger partial charge in [0.25, 0.3) is 0 Å². The molecule has 1 aliphatic heterocycles. The summed E-state index contributed by atoms with van der Waals surface area (Å²) in [5, 5.41) is 11.1. The zero-order valence-corrected chi connectivity index (χ0v) is 11.2. The van der Waals surface area contributed by atoms with Crippen LogP contribution in [-0.2, 0) is 4.74 Å². The molecule has 2 heterocycles. The molecular weight excluding hydrogens is 254 g/mol. The number of benzene rings is 1. The fraction of sp³-hybridized carbons (Fsp3) is 0.375. The zero-order valence-electron chi connectivity index (χ0n) is 11.2. The molecule has 20 heavy (non-hydrogen) atoms. The van der Waals surface area contributed by atoms with Crippen molar-refractivity contribution in [1.82, 2.24) is 4.98 Å². The van der Waals surface area contributed by atoms with Gasteiger partial charge in [-0.15, -0.1) is 0 Å². The second kappa shape index (κ2) is 5.59. The fourth-order valence-electron chi connectivity index (χ4n) is 2.68. The summed E-state index contributed by atoms with van der Waals surface area (Å²) >= 11 is 0.